The van der Waals surface area contributed by atoms with Crippen LogP contribution in [0.1, 0.15) is 45.4 Å². The summed E-state index contributed by atoms with van der Waals surface area (Å²) in [5.74, 6) is 0.171. The van der Waals surface area contributed by atoms with Crippen LogP contribution in [-0.2, 0) is 14.9 Å². The van der Waals surface area contributed by atoms with E-state index in [1.807, 2.05) is 13.0 Å². The maximum absolute atomic E-state index is 11.6. The molecule has 0 aromatic heterocycles. The van der Waals surface area contributed by atoms with Crippen LogP contribution in [0.4, 0.5) is 0 Å². The van der Waals surface area contributed by atoms with E-state index in [1.165, 1.54) is 0 Å². The van der Waals surface area contributed by atoms with Crippen molar-refractivity contribution in [2.75, 3.05) is 0 Å². The highest BCUT2D eigenvalue weighted by Gasteiger charge is 2.21. The Bertz CT molecular complexity index is 524. The van der Waals surface area contributed by atoms with Gasteiger partial charge in [-0.05, 0) is 31.4 Å². The van der Waals surface area contributed by atoms with Crippen molar-refractivity contribution < 1.29 is 22.5 Å². The molecule has 1 atom stereocenters. The lowest BCUT2D eigenvalue weighted by Crippen LogP contribution is -2.20. The van der Waals surface area contributed by atoms with E-state index in [1.54, 1.807) is 24.3 Å². The molecule has 0 aliphatic carbocycles. The third-order valence-corrected chi connectivity index (χ3v) is 4.48. The van der Waals surface area contributed by atoms with Crippen molar-refractivity contribution in [2.24, 2.45) is 0 Å². The van der Waals surface area contributed by atoms with Crippen LogP contribution in [0.3, 0.4) is 0 Å². The van der Waals surface area contributed by atoms with Gasteiger partial charge in [-0.15, -0.1) is 0 Å². The van der Waals surface area contributed by atoms with Gasteiger partial charge >= 0.3 is 5.97 Å². The normalized spacial score (nSPS) is 12.9. The minimum absolute atomic E-state index is 0.235. The van der Waals surface area contributed by atoms with E-state index in [-0.39, 0.29) is 12.4 Å². The van der Waals surface area contributed by atoms with Crippen molar-refractivity contribution in [1.29, 1.82) is 0 Å². The zero-order valence-electron chi connectivity index (χ0n) is 12.2. The first-order chi connectivity index (χ1) is 9.93. The van der Waals surface area contributed by atoms with Gasteiger partial charge in [0.25, 0.3) is 10.1 Å². The van der Waals surface area contributed by atoms with E-state index in [9.17, 15) is 13.2 Å². The Hall–Kier alpha value is -1.40. The molecule has 0 heterocycles. The van der Waals surface area contributed by atoms with Crippen molar-refractivity contribution in [1.82, 2.24) is 0 Å². The minimum Gasteiger partial charge on any atom is -0.427 e. The van der Waals surface area contributed by atoms with Crippen LogP contribution in [0.25, 0.3) is 0 Å². The summed E-state index contributed by atoms with van der Waals surface area (Å²) in [7, 11) is -3.99. The Morgan fingerprint density at radius 1 is 1.19 bits per heavy atom. The molecule has 5 nitrogen and oxygen atoms in total. The van der Waals surface area contributed by atoms with Crippen molar-refractivity contribution in [3.63, 3.8) is 0 Å². The zero-order chi connectivity index (χ0) is 15.7. The second-order valence-electron chi connectivity index (χ2n) is 4.96. The molecule has 21 heavy (non-hydrogen) atoms. The quantitative estimate of drug-likeness (QED) is 0.327. The van der Waals surface area contributed by atoms with Gasteiger partial charge in [0.1, 0.15) is 5.75 Å². The molecule has 6 heteroatoms. The van der Waals surface area contributed by atoms with E-state index in [2.05, 4.69) is 0 Å². The molecule has 0 saturated carbocycles. The fraction of sp³-hybridized carbons (Fsp3) is 0.533. The highest BCUT2D eigenvalue weighted by Crippen LogP contribution is 2.16. The van der Waals surface area contributed by atoms with E-state index in [0.717, 1.165) is 0 Å². The third-order valence-electron chi connectivity index (χ3n) is 3.16. The fourth-order valence-electron chi connectivity index (χ4n) is 2.08. The molecule has 0 spiro atoms. The highest BCUT2D eigenvalue weighted by atomic mass is 32.2. The molecule has 0 aliphatic heterocycles. The fourth-order valence-corrected chi connectivity index (χ4v) is 3.07. The van der Waals surface area contributed by atoms with Crippen molar-refractivity contribution in [3.05, 3.63) is 30.3 Å². The van der Waals surface area contributed by atoms with Crippen LogP contribution < -0.4 is 4.74 Å². The van der Waals surface area contributed by atoms with Gasteiger partial charge in [0, 0.05) is 6.42 Å². The number of ether oxygens (including phenoxy) is 1. The number of para-hydroxylation sites is 1. The lowest BCUT2D eigenvalue weighted by atomic mass is 10.1. The van der Waals surface area contributed by atoms with Gasteiger partial charge in [0.2, 0.25) is 0 Å². The molecule has 1 N–H and O–H groups in total. The van der Waals surface area contributed by atoms with Gasteiger partial charge in [-0.3, -0.25) is 9.35 Å². The standard InChI is InChI=1S/C15H22O5S/c1-2-8-14(21(17,18)19)11-6-7-12-15(16)20-13-9-4-3-5-10-13/h3-5,9-10,14H,2,6-8,11-12H2,1H3,(H,17,18,19). The number of unbranched alkanes of at least 4 members (excludes halogenated alkanes) is 1. The second-order valence-corrected chi connectivity index (χ2v) is 6.66. The Labute approximate surface area is 126 Å². The Balaban J connectivity index is 2.28. The first-order valence-electron chi connectivity index (χ1n) is 7.15. The Kier molecular flexibility index (Phi) is 7.39. The lowest BCUT2D eigenvalue weighted by Gasteiger charge is -2.12. The molecule has 0 bridgehead atoms. The molecular formula is C15H22O5S. The number of esters is 1. The summed E-state index contributed by atoms with van der Waals surface area (Å²) in [6.45, 7) is 1.87. The first-order valence-corrected chi connectivity index (χ1v) is 8.66. The summed E-state index contributed by atoms with van der Waals surface area (Å²) in [5, 5.41) is -0.729. The van der Waals surface area contributed by atoms with Crippen molar-refractivity contribution in [2.45, 2.75) is 50.7 Å². The molecule has 0 aliphatic rings. The molecule has 0 saturated heterocycles. The summed E-state index contributed by atoms with van der Waals surface area (Å²) in [6, 6.07) is 8.80. The van der Waals surface area contributed by atoms with Gasteiger partial charge < -0.3 is 4.74 Å². The monoisotopic (exact) mass is 314 g/mol. The summed E-state index contributed by atoms with van der Waals surface area (Å²) in [4.78, 5) is 11.6. The first kappa shape index (κ1) is 17.7. The minimum atomic E-state index is -3.99. The van der Waals surface area contributed by atoms with Gasteiger partial charge in [-0.1, -0.05) is 38.0 Å². The number of benzene rings is 1. The molecule has 1 unspecified atom stereocenters. The summed E-state index contributed by atoms with van der Waals surface area (Å²) in [6.07, 6.45) is 2.84. The predicted molar refractivity (Wildman–Crippen MR) is 80.8 cm³/mol. The predicted octanol–water partition coefficient (Wildman–Crippen LogP) is 3.21. The van der Waals surface area contributed by atoms with Gasteiger partial charge in [0.05, 0.1) is 5.25 Å². The SMILES string of the molecule is CCCC(CCCCC(=O)Oc1ccccc1)S(=O)(=O)O. The molecule has 0 radical (unpaired) electrons. The van der Waals surface area contributed by atoms with Crippen LogP contribution in [-0.4, -0.2) is 24.2 Å². The molecule has 0 fully saturated rings. The molecule has 1 rings (SSSR count). The topological polar surface area (TPSA) is 80.7 Å². The van der Waals surface area contributed by atoms with Crippen LogP contribution in [0, 0.1) is 0 Å². The third kappa shape index (κ3) is 7.24. The number of hydrogen-bond donors (Lipinski definition) is 1. The maximum Gasteiger partial charge on any atom is 0.311 e. The molecular weight excluding hydrogens is 292 g/mol. The van der Waals surface area contributed by atoms with E-state index < -0.39 is 15.4 Å². The lowest BCUT2D eigenvalue weighted by molar-refractivity contribution is -0.134. The Morgan fingerprint density at radius 2 is 1.86 bits per heavy atom. The van der Waals surface area contributed by atoms with Gasteiger partial charge in [-0.2, -0.15) is 8.42 Å². The molecule has 118 valence electrons. The molecule has 1 aromatic carbocycles. The van der Waals surface area contributed by atoms with E-state index >= 15 is 0 Å². The highest BCUT2D eigenvalue weighted by molar-refractivity contribution is 7.86. The largest absolute Gasteiger partial charge is 0.427 e. The zero-order valence-corrected chi connectivity index (χ0v) is 13.0. The smallest absolute Gasteiger partial charge is 0.311 e. The second kappa shape index (κ2) is 8.79. The summed E-state index contributed by atoms with van der Waals surface area (Å²) < 4.78 is 36.5. The van der Waals surface area contributed by atoms with Gasteiger partial charge in [-0.25, -0.2) is 0 Å². The van der Waals surface area contributed by atoms with E-state index in [4.69, 9.17) is 9.29 Å². The molecule has 1 aromatic rings. The van der Waals surface area contributed by atoms with Crippen LogP contribution in [0.2, 0.25) is 0 Å². The average molecular weight is 314 g/mol. The van der Waals surface area contributed by atoms with Crippen molar-refractivity contribution in [3.8, 4) is 5.75 Å². The van der Waals surface area contributed by atoms with Gasteiger partial charge in [0.15, 0.2) is 0 Å². The van der Waals surface area contributed by atoms with E-state index in [0.29, 0.717) is 37.9 Å². The molecule has 0 amide bonds. The van der Waals surface area contributed by atoms with Crippen molar-refractivity contribution >= 4 is 16.1 Å². The van der Waals surface area contributed by atoms with Crippen LogP contribution in [0.15, 0.2) is 30.3 Å². The Morgan fingerprint density at radius 3 is 2.43 bits per heavy atom. The van der Waals surface area contributed by atoms with Crippen LogP contribution >= 0.6 is 0 Å². The maximum atomic E-state index is 11.6. The number of carbonyl (C=O) groups excluding carboxylic acids is 1. The van der Waals surface area contributed by atoms with Crippen LogP contribution in [0.5, 0.6) is 5.75 Å². The summed E-state index contributed by atoms with van der Waals surface area (Å²) in [5.41, 5.74) is 0. The number of rotatable bonds is 9. The number of hydrogen-bond acceptors (Lipinski definition) is 4. The average Bonchev–Trinajstić information content (AvgIpc) is 2.42. The summed E-state index contributed by atoms with van der Waals surface area (Å²) >= 11 is 0. The number of carbonyl (C=O) groups is 1.